The van der Waals surface area contributed by atoms with E-state index in [2.05, 4.69) is 32.4 Å². The maximum atomic E-state index is 13.5. The summed E-state index contributed by atoms with van der Waals surface area (Å²) in [4.78, 5) is 22.7. The molecule has 4 aromatic rings. The van der Waals surface area contributed by atoms with Crippen LogP contribution in [0.4, 0.5) is 25.0 Å². The van der Waals surface area contributed by atoms with Gasteiger partial charge in [0.15, 0.2) is 0 Å². The van der Waals surface area contributed by atoms with E-state index in [1.807, 2.05) is 71.6 Å². The summed E-state index contributed by atoms with van der Waals surface area (Å²) in [5, 5.41) is 5.76. The number of hydrogen-bond donors (Lipinski definition) is 2. The fraction of sp³-hybridized carbons (Fsp3) is 0.219. The second-order valence-electron chi connectivity index (χ2n) is 9.63. The Bertz CT molecular complexity index is 1490. The van der Waals surface area contributed by atoms with Crippen LogP contribution in [0.1, 0.15) is 29.5 Å². The first-order valence-corrected chi connectivity index (χ1v) is 13.2. The van der Waals surface area contributed by atoms with E-state index in [0.29, 0.717) is 31.7 Å². The van der Waals surface area contributed by atoms with Gasteiger partial charge in [-0.05, 0) is 77.7 Å². The predicted octanol–water partition coefficient (Wildman–Crippen LogP) is 6.14. The minimum absolute atomic E-state index is 0.126. The van der Waals surface area contributed by atoms with Gasteiger partial charge in [0.2, 0.25) is 0 Å². The molecule has 1 fully saturated rings. The molecule has 202 valence electrons. The van der Waals surface area contributed by atoms with Crippen LogP contribution in [0.5, 0.6) is 0 Å². The second-order valence-corrected chi connectivity index (χ2v) is 9.63. The lowest BCUT2D eigenvalue weighted by Gasteiger charge is -2.33. The van der Waals surface area contributed by atoms with Crippen molar-refractivity contribution in [3.8, 4) is 23.0 Å². The van der Waals surface area contributed by atoms with E-state index in [1.54, 1.807) is 24.8 Å². The Hall–Kier alpha value is -4.77. The van der Waals surface area contributed by atoms with E-state index >= 15 is 0 Å². The first-order valence-electron chi connectivity index (χ1n) is 13.2. The van der Waals surface area contributed by atoms with Gasteiger partial charge in [-0.3, -0.25) is 9.97 Å². The monoisotopic (exact) mass is 537 g/mol. The van der Waals surface area contributed by atoms with Gasteiger partial charge in [-0.1, -0.05) is 24.0 Å². The number of amides is 2. The van der Waals surface area contributed by atoms with Gasteiger partial charge in [-0.2, -0.15) is 0 Å². The second kappa shape index (κ2) is 12.4. The van der Waals surface area contributed by atoms with Crippen LogP contribution < -0.4 is 15.5 Å². The van der Waals surface area contributed by atoms with Crippen molar-refractivity contribution in [1.29, 1.82) is 0 Å². The van der Waals surface area contributed by atoms with Crippen molar-refractivity contribution in [2.45, 2.75) is 25.2 Å². The normalized spacial score (nSPS) is 14.1. The Balaban J connectivity index is 1.30. The Labute approximate surface area is 232 Å². The summed E-state index contributed by atoms with van der Waals surface area (Å²) >= 11 is 0. The summed E-state index contributed by atoms with van der Waals surface area (Å²) in [6, 6.07) is 20.6. The standard InChI is InChI=1S/C32H29F2N5O/c33-32(34)14-20-39(21-15-32)29-8-4-24(5-9-29)3-6-27-22-28(7-10-30(27)26-12-17-35-18-13-26)38-31(40)37-19-11-25-2-1-16-36-23-25/h1-2,4-5,7-10,12-13,16-18,22-23H,11,14-15,19-21H2,(H2,37,38,40). The van der Waals surface area contributed by atoms with E-state index in [1.165, 1.54) is 0 Å². The summed E-state index contributed by atoms with van der Waals surface area (Å²) in [5.74, 6) is 3.89. The third kappa shape index (κ3) is 7.20. The van der Waals surface area contributed by atoms with Crippen molar-refractivity contribution in [3.63, 3.8) is 0 Å². The lowest BCUT2D eigenvalue weighted by Crippen LogP contribution is -2.39. The van der Waals surface area contributed by atoms with Crippen molar-refractivity contribution in [2.75, 3.05) is 29.9 Å². The molecule has 6 nitrogen and oxygen atoms in total. The largest absolute Gasteiger partial charge is 0.371 e. The average Bonchev–Trinajstić information content (AvgIpc) is 2.97. The van der Waals surface area contributed by atoms with E-state index in [9.17, 15) is 13.6 Å². The first-order chi connectivity index (χ1) is 19.4. The molecule has 2 amide bonds. The van der Waals surface area contributed by atoms with Crippen molar-refractivity contribution < 1.29 is 13.6 Å². The highest BCUT2D eigenvalue weighted by molar-refractivity contribution is 5.90. The number of anilines is 2. The Morgan fingerprint density at radius 1 is 0.925 bits per heavy atom. The zero-order valence-corrected chi connectivity index (χ0v) is 21.9. The van der Waals surface area contributed by atoms with Crippen LogP contribution >= 0.6 is 0 Å². The number of benzene rings is 2. The number of urea groups is 1. The molecule has 0 atom stereocenters. The summed E-state index contributed by atoms with van der Waals surface area (Å²) in [5.41, 5.74) is 6.03. The van der Waals surface area contributed by atoms with Gasteiger partial charge in [0, 0.05) is 79.8 Å². The maximum Gasteiger partial charge on any atom is 0.319 e. The highest BCUT2D eigenvalue weighted by Crippen LogP contribution is 2.30. The van der Waals surface area contributed by atoms with Crippen LogP contribution in [0.3, 0.4) is 0 Å². The molecule has 3 heterocycles. The summed E-state index contributed by atoms with van der Waals surface area (Å²) < 4.78 is 27.0. The molecule has 1 aliphatic rings. The number of nitrogens with one attached hydrogen (secondary N) is 2. The molecule has 0 spiro atoms. The first kappa shape index (κ1) is 26.8. The number of carbonyl (C=O) groups excluding carboxylic acids is 1. The van der Waals surface area contributed by atoms with Crippen LogP contribution in [-0.4, -0.2) is 41.6 Å². The number of alkyl halides is 2. The number of piperidine rings is 1. The van der Waals surface area contributed by atoms with Crippen molar-refractivity contribution in [2.24, 2.45) is 0 Å². The molecule has 5 rings (SSSR count). The van der Waals surface area contributed by atoms with E-state index in [-0.39, 0.29) is 18.9 Å². The Morgan fingerprint density at radius 2 is 1.70 bits per heavy atom. The van der Waals surface area contributed by atoms with Crippen LogP contribution in [-0.2, 0) is 6.42 Å². The third-order valence-electron chi connectivity index (χ3n) is 6.76. The number of hydrogen-bond acceptors (Lipinski definition) is 4. The fourth-order valence-electron chi connectivity index (χ4n) is 4.54. The van der Waals surface area contributed by atoms with E-state index in [0.717, 1.165) is 33.5 Å². The van der Waals surface area contributed by atoms with Gasteiger partial charge in [0.1, 0.15) is 0 Å². The van der Waals surface area contributed by atoms with Crippen molar-refractivity contribution >= 4 is 17.4 Å². The van der Waals surface area contributed by atoms with Gasteiger partial charge < -0.3 is 15.5 Å². The SMILES string of the molecule is O=C(NCCc1cccnc1)Nc1ccc(-c2ccncc2)c(C#Cc2ccc(N3CCC(F)(F)CC3)cc2)c1. The molecular weight excluding hydrogens is 508 g/mol. The topological polar surface area (TPSA) is 70.1 Å². The molecule has 40 heavy (non-hydrogen) atoms. The number of halogens is 2. The lowest BCUT2D eigenvalue weighted by molar-refractivity contribution is -0.0220. The molecule has 0 bridgehead atoms. The number of carbonyl (C=O) groups is 1. The highest BCUT2D eigenvalue weighted by Gasteiger charge is 2.33. The molecule has 0 radical (unpaired) electrons. The number of aromatic nitrogens is 2. The van der Waals surface area contributed by atoms with E-state index in [4.69, 9.17) is 0 Å². The molecule has 8 heteroatoms. The number of rotatable bonds is 6. The van der Waals surface area contributed by atoms with Crippen LogP contribution in [0.15, 0.2) is 91.5 Å². The van der Waals surface area contributed by atoms with Gasteiger partial charge in [-0.25, -0.2) is 13.6 Å². The Morgan fingerprint density at radius 3 is 2.42 bits per heavy atom. The molecular formula is C32H29F2N5O. The number of nitrogens with zero attached hydrogens (tertiary/aromatic N) is 3. The minimum atomic E-state index is -2.57. The highest BCUT2D eigenvalue weighted by atomic mass is 19.3. The van der Waals surface area contributed by atoms with Crippen LogP contribution in [0, 0.1) is 11.8 Å². The average molecular weight is 538 g/mol. The van der Waals surface area contributed by atoms with Gasteiger partial charge in [-0.15, -0.1) is 0 Å². The fourth-order valence-corrected chi connectivity index (χ4v) is 4.54. The smallest absolute Gasteiger partial charge is 0.319 e. The summed E-state index contributed by atoms with van der Waals surface area (Å²) in [7, 11) is 0. The summed E-state index contributed by atoms with van der Waals surface area (Å²) in [6.07, 6.45) is 7.38. The molecule has 1 saturated heterocycles. The quantitative estimate of drug-likeness (QED) is 0.290. The third-order valence-corrected chi connectivity index (χ3v) is 6.76. The van der Waals surface area contributed by atoms with Crippen molar-refractivity contribution in [1.82, 2.24) is 15.3 Å². The molecule has 2 N–H and O–H groups in total. The number of pyridine rings is 2. The zero-order valence-electron chi connectivity index (χ0n) is 21.9. The molecule has 0 aliphatic carbocycles. The summed E-state index contributed by atoms with van der Waals surface area (Å²) in [6.45, 7) is 1.16. The van der Waals surface area contributed by atoms with Crippen LogP contribution in [0.2, 0.25) is 0 Å². The van der Waals surface area contributed by atoms with E-state index < -0.39 is 5.92 Å². The molecule has 2 aromatic heterocycles. The molecule has 1 aliphatic heterocycles. The minimum Gasteiger partial charge on any atom is -0.371 e. The molecule has 0 unspecified atom stereocenters. The predicted molar refractivity (Wildman–Crippen MR) is 153 cm³/mol. The lowest BCUT2D eigenvalue weighted by atomic mass is 9.99. The Kier molecular flexibility index (Phi) is 8.31. The van der Waals surface area contributed by atoms with Gasteiger partial charge in [0.25, 0.3) is 5.92 Å². The zero-order chi connectivity index (χ0) is 27.8. The van der Waals surface area contributed by atoms with Crippen molar-refractivity contribution in [3.05, 3.63) is 108 Å². The molecule has 2 aromatic carbocycles. The molecule has 0 saturated carbocycles. The maximum absolute atomic E-state index is 13.5. The van der Waals surface area contributed by atoms with Crippen LogP contribution in [0.25, 0.3) is 11.1 Å². The van der Waals surface area contributed by atoms with Gasteiger partial charge in [0.05, 0.1) is 0 Å². The van der Waals surface area contributed by atoms with Gasteiger partial charge >= 0.3 is 6.03 Å².